The minimum atomic E-state index is 0.554. The topological polar surface area (TPSA) is 12.9 Å². The van der Waals surface area contributed by atoms with Gasteiger partial charge in [0.2, 0.25) is 0 Å². The number of pyridine rings is 1. The summed E-state index contributed by atoms with van der Waals surface area (Å²) in [5, 5.41) is 0.573. The number of aromatic nitrogens is 1. The first-order valence-corrected chi connectivity index (χ1v) is 5.02. The van der Waals surface area contributed by atoms with Gasteiger partial charge in [-0.3, -0.25) is 0 Å². The highest BCUT2D eigenvalue weighted by molar-refractivity contribution is 6.29. The highest BCUT2D eigenvalue weighted by atomic mass is 35.5. The van der Waals surface area contributed by atoms with Crippen molar-refractivity contribution >= 4 is 11.6 Å². The number of nitrogens with zero attached hydrogens (tertiary/aromatic N) is 1. The van der Waals surface area contributed by atoms with Crippen LogP contribution in [0.5, 0.6) is 0 Å². The fourth-order valence-corrected chi connectivity index (χ4v) is 1.81. The van der Waals surface area contributed by atoms with Crippen LogP contribution in [0.1, 0.15) is 30.7 Å². The minimum Gasteiger partial charge on any atom is -0.244 e. The molecule has 2 heteroatoms. The fraction of sp³-hybridized carbons (Fsp3) is 0.364. The van der Waals surface area contributed by atoms with Crippen molar-refractivity contribution in [3.05, 3.63) is 41.2 Å². The van der Waals surface area contributed by atoms with E-state index < -0.39 is 0 Å². The SMILES string of the molecule is Clc1ccc([C@H]2C=CCCC2)cn1. The van der Waals surface area contributed by atoms with Gasteiger partial charge in [0.25, 0.3) is 0 Å². The lowest BCUT2D eigenvalue weighted by Gasteiger charge is -2.15. The minimum absolute atomic E-state index is 0.554. The molecule has 68 valence electrons. The molecule has 0 unspecified atom stereocenters. The maximum absolute atomic E-state index is 5.72. The highest BCUT2D eigenvalue weighted by Gasteiger charge is 2.10. The van der Waals surface area contributed by atoms with E-state index in [-0.39, 0.29) is 0 Å². The number of hydrogen-bond acceptors (Lipinski definition) is 1. The van der Waals surface area contributed by atoms with Gasteiger partial charge in [-0.2, -0.15) is 0 Å². The van der Waals surface area contributed by atoms with E-state index in [1.54, 1.807) is 0 Å². The van der Waals surface area contributed by atoms with Crippen molar-refractivity contribution in [2.45, 2.75) is 25.2 Å². The van der Waals surface area contributed by atoms with Gasteiger partial charge in [-0.1, -0.05) is 29.8 Å². The maximum Gasteiger partial charge on any atom is 0.129 e. The molecule has 2 rings (SSSR count). The Labute approximate surface area is 83.4 Å². The largest absolute Gasteiger partial charge is 0.244 e. The van der Waals surface area contributed by atoms with Gasteiger partial charge >= 0.3 is 0 Å². The van der Waals surface area contributed by atoms with Crippen LogP contribution in [-0.2, 0) is 0 Å². The predicted molar refractivity (Wildman–Crippen MR) is 55.0 cm³/mol. The molecule has 1 aliphatic carbocycles. The Morgan fingerprint density at radius 1 is 1.38 bits per heavy atom. The third-order valence-corrected chi connectivity index (χ3v) is 2.66. The number of hydrogen-bond donors (Lipinski definition) is 0. The lowest BCUT2D eigenvalue weighted by molar-refractivity contribution is 0.652. The molecule has 1 heterocycles. The van der Waals surface area contributed by atoms with E-state index in [9.17, 15) is 0 Å². The van der Waals surface area contributed by atoms with Gasteiger partial charge in [0.1, 0.15) is 5.15 Å². The summed E-state index contributed by atoms with van der Waals surface area (Å²) in [7, 11) is 0. The molecular weight excluding hydrogens is 182 g/mol. The van der Waals surface area contributed by atoms with Gasteiger partial charge in [0.05, 0.1) is 0 Å². The van der Waals surface area contributed by atoms with Gasteiger partial charge in [-0.25, -0.2) is 4.98 Å². The van der Waals surface area contributed by atoms with Crippen LogP contribution in [0, 0.1) is 0 Å². The van der Waals surface area contributed by atoms with E-state index in [0.717, 1.165) is 0 Å². The fourth-order valence-electron chi connectivity index (χ4n) is 1.70. The lowest BCUT2D eigenvalue weighted by atomic mass is 9.90. The highest BCUT2D eigenvalue weighted by Crippen LogP contribution is 2.27. The average Bonchev–Trinajstić information content (AvgIpc) is 2.20. The molecule has 0 N–H and O–H groups in total. The lowest BCUT2D eigenvalue weighted by Crippen LogP contribution is -1.99. The third kappa shape index (κ3) is 2.10. The zero-order valence-electron chi connectivity index (χ0n) is 7.41. The van der Waals surface area contributed by atoms with Crippen LogP contribution in [0.3, 0.4) is 0 Å². The van der Waals surface area contributed by atoms with Crippen molar-refractivity contribution in [1.82, 2.24) is 4.98 Å². The van der Waals surface area contributed by atoms with Crippen molar-refractivity contribution in [3.63, 3.8) is 0 Å². The van der Waals surface area contributed by atoms with E-state index in [0.29, 0.717) is 11.1 Å². The first-order chi connectivity index (χ1) is 6.36. The first-order valence-electron chi connectivity index (χ1n) is 4.64. The molecule has 0 spiro atoms. The second-order valence-electron chi connectivity index (χ2n) is 3.38. The van der Waals surface area contributed by atoms with Crippen LogP contribution in [0.25, 0.3) is 0 Å². The maximum atomic E-state index is 5.72. The van der Waals surface area contributed by atoms with Gasteiger partial charge in [0.15, 0.2) is 0 Å². The Morgan fingerprint density at radius 2 is 2.31 bits per heavy atom. The van der Waals surface area contributed by atoms with Crippen LogP contribution < -0.4 is 0 Å². The molecule has 0 bridgehead atoms. The number of halogens is 1. The normalized spacial score (nSPS) is 21.8. The number of rotatable bonds is 1. The van der Waals surface area contributed by atoms with Gasteiger partial charge in [-0.05, 0) is 30.9 Å². The van der Waals surface area contributed by atoms with Crippen molar-refractivity contribution in [3.8, 4) is 0 Å². The standard InChI is InChI=1S/C11H12ClN/c12-11-7-6-10(8-13-11)9-4-2-1-3-5-9/h2,4,6-9H,1,3,5H2/t9-/m0/s1. The summed E-state index contributed by atoms with van der Waals surface area (Å²) >= 11 is 5.72. The van der Waals surface area contributed by atoms with E-state index in [1.807, 2.05) is 12.3 Å². The van der Waals surface area contributed by atoms with Crippen LogP contribution >= 0.6 is 11.6 Å². The monoisotopic (exact) mass is 193 g/mol. The van der Waals surface area contributed by atoms with Crippen molar-refractivity contribution in [2.24, 2.45) is 0 Å². The molecule has 0 aliphatic heterocycles. The summed E-state index contributed by atoms with van der Waals surface area (Å²) in [4.78, 5) is 4.09. The second kappa shape index (κ2) is 3.93. The van der Waals surface area contributed by atoms with E-state index in [1.165, 1.54) is 24.8 Å². The second-order valence-corrected chi connectivity index (χ2v) is 3.77. The van der Waals surface area contributed by atoms with Gasteiger partial charge in [0, 0.05) is 12.1 Å². The van der Waals surface area contributed by atoms with Crippen LogP contribution in [0.2, 0.25) is 5.15 Å². The summed E-state index contributed by atoms with van der Waals surface area (Å²) < 4.78 is 0. The van der Waals surface area contributed by atoms with E-state index in [2.05, 4.69) is 23.2 Å². The molecular formula is C11H12ClN. The van der Waals surface area contributed by atoms with Crippen molar-refractivity contribution < 1.29 is 0 Å². The zero-order chi connectivity index (χ0) is 9.10. The Hall–Kier alpha value is -0.820. The summed E-state index contributed by atoms with van der Waals surface area (Å²) in [6.45, 7) is 0. The average molecular weight is 194 g/mol. The van der Waals surface area contributed by atoms with Gasteiger partial charge in [-0.15, -0.1) is 0 Å². The first kappa shape index (κ1) is 8.76. The molecule has 0 saturated carbocycles. The molecule has 0 saturated heterocycles. The quantitative estimate of drug-likeness (QED) is 0.491. The molecule has 0 aromatic carbocycles. The van der Waals surface area contributed by atoms with E-state index >= 15 is 0 Å². The molecule has 0 radical (unpaired) electrons. The third-order valence-electron chi connectivity index (χ3n) is 2.43. The van der Waals surface area contributed by atoms with Crippen LogP contribution in [-0.4, -0.2) is 4.98 Å². The number of allylic oxidation sites excluding steroid dienone is 2. The van der Waals surface area contributed by atoms with Crippen molar-refractivity contribution in [1.29, 1.82) is 0 Å². The Morgan fingerprint density at radius 3 is 2.92 bits per heavy atom. The summed E-state index contributed by atoms with van der Waals surface area (Å²) in [6.07, 6.45) is 10.1. The molecule has 1 aromatic rings. The Bertz CT molecular complexity index is 302. The molecule has 0 fully saturated rings. The van der Waals surface area contributed by atoms with Crippen LogP contribution in [0.15, 0.2) is 30.5 Å². The molecule has 13 heavy (non-hydrogen) atoms. The van der Waals surface area contributed by atoms with Gasteiger partial charge < -0.3 is 0 Å². The Kier molecular flexibility index (Phi) is 2.65. The smallest absolute Gasteiger partial charge is 0.129 e. The molecule has 1 atom stereocenters. The zero-order valence-corrected chi connectivity index (χ0v) is 8.17. The summed E-state index contributed by atoms with van der Waals surface area (Å²) in [6, 6.07) is 3.93. The predicted octanol–water partition coefficient (Wildman–Crippen LogP) is 3.56. The molecule has 1 aliphatic rings. The Balaban J connectivity index is 2.19. The molecule has 0 amide bonds. The van der Waals surface area contributed by atoms with E-state index in [4.69, 9.17) is 11.6 Å². The molecule has 1 nitrogen and oxygen atoms in total. The molecule has 1 aromatic heterocycles. The summed E-state index contributed by atoms with van der Waals surface area (Å²) in [5.74, 6) is 0.554. The summed E-state index contributed by atoms with van der Waals surface area (Å²) in [5.41, 5.74) is 1.28. The van der Waals surface area contributed by atoms with Crippen LogP contribution in [0.4, 0.5) is 0 Å². The van der Waals surface area contributed by atoms with Crippen molar-refractivity contribution in [2.75, 3.05) is 0 Å².